The van der Waals surface area contributed by atoms with E-state index in [4.69, 9.17) is 16.7 Å². The van der Waals surface area contributed by atoms with Gasteiger partial charge in [-0.1, -0.05) is 23.7 Å². The molecule has 1 aromatic heterocycles. The van der Waals surface area contributed by atoms with Crippen LogP contribution < -0.4 is 0 Å². The highest BCUT2D eigenvalue weighted by molar-refractivity contribution is 6.30. The number of hydrogen-bond donors (Lipinski definition) is 1. The second-order valence-corrected chi connectivity index (χ2v) is 4.54. The van der Waals surface area contributed by atoms with Crippen molar-refractivity contribution in [1.29, 1.82) is 0 Å². The van der Waals surface area contributed by atoms with Gasteiger partial charge < -0.3 is 9.67 Å². The van der Waals surface area contributed by atoms with Crippen LogP contribution in [0.25, 0.3) is 0 Å². The standard InChI is InChI=1S/C13H13ClN2O2/c1-16-11(7-13(17)18)8-15-12(16)6-9-3-2-4-10(14)5-9/h2-5,8H,6-7H2,1H3,(H,17,18). The molecule has 4 nitrogen and oxygen atoms in total. The van der Waals surface area contributed by atoms with Gasteiger partial charge in [-0.15, -0.1) is 0 Å². The molecule has 0 radical (unpaired) electrons. The average molecular weight is 265 g/mol. The Morgan fingerprint density at radius 1 is 1.50 bits per heavy atom. The Morgan fingerprint density at radius 3 is 2.94 bits per heavy atom. The monoisotopic (exact) mass is 264 g/mol. The third-order valence-corrected chi connectivity index (χ3v) is 3.00. The zero-order valence-electron chi connectivity index (χ0n) is 9.93. The molecule has 0 amide bonds. The number of aromatic nitrogens is 2. The molecule has 94 valence electrons. The lowest BCUT2D eigenvalue weighted by Crippen LogP contribution is -2.07. The van der Waals surface area contributed by atoms with Crippen molar-refractivity contribution < 1.29 is 9.90 Å². The highest BCUT2D eigenvalue weighted by Gasteiger charge is 2.10. The third kappa shape index (κ3) is 2.90. The van der Waals surface area contributed by atoms with Crippen molar-refractivity contribution >= 4 is 17.6 Å². The molecule has 0 saturated heterocycles. The van der Waals surface area contributed by atoms with E-state index in [1.165, 1.54) is 0 Å². The Kier molecular flexibility index (Phi) is 3.67. The molecular weight excluding hydrogens is 252 g/mol. The summed E-state index contributed by atoms with van der Waals surface area (Å²) in [7, 11) is 1.82. The van der Waals surface area contributed by atoms with Crippen LogP contribution in [0.2, 0.25) is 5.02 Å². The second kappa shape index (κ2) is 5.23. The maximum Gasteiger partial charge on any atom is 0.309 e. The summed E-state index contributed by atoms with van der Waals surface area (Å²) in [6.07, 6.45) is 2.23. The number of halogens is 1. The number of carboxylic acid groups (broad SMARTS) is 1. The fourth-order valence-corrected chi connectivity index (χ4v) is 2.01. The van der Waals surface area contributed by atoms with Gasteiger partial charge in [0.2, 0.25) is 0 Å². The Labute approximate surface area is 110 Å². The largest absolute Gasteiger partial charge is 0.481 e. The van der Waals surface area contributed by atoms with Crippen LogP contribution in [0.1, 0.15) is 17.1 Å². The van der Waals surface area contributed by atoms with Gasteiger partial charge >= 0.3 is 5.97 Å². The van der Waals surface area contributed by atoms with Crippen LogP contribution in [0.3, 0.4) is 0 Å². The summed E-state index contributed by atoms with van der Waals surface area (Å²) in [5.41, 5.74) is 1.75. The minimum absolute atomic E-state index is 0.0148. The fraction of sp³-hybridized carbons (Fsp3) is 0.231. The minimum atomic E-state index is -0.854. The van der Waals surface area contributed by atoms with Crippen molar-refractivity contribution in [2.45, 2.75) is 12.8 Å². The second-order valence-electron chi connectivity index (χ2n) is 4.10. The van der Waals surface area contributed by atoms with Gasteiger partial charge in [0.15, 0.2) is 0 Å². The summed E-state index contributed by atoms with van der Waals surface area (Å²) >= 11 is 5.92. The smallest absolute Gasteiger partial charge is 0.309 e. The van der Waals surface area contributed by atoms with Crippen LogP contribution in [0.4, 0.5) is 0 Å². The lowest BCUT2D eigenvalue weighted by atomic mass is 10.1. The molecule has 1 aromatic carbocycles. The first-order valence-corrected chi connectivity index (χ1v) is 5.90. The summed E-state index contributed by atoms with van der Waals surface area (Å²) in [4.78, 5) is 14.9. The van der Waals surface area contributed by atoms with E-state index in [0.717, 1.165) is 11.4 Å². The van der Waals surface area contributed by atoms with E-state index in [2.05, 4.69) is 4.98 Å². The highest BCUT2D eigenvalue weighted by atomic mass is 35.5. The predicted octanol–water partition coefficient (Wildman–Crippen LogP) is 2.29. The summed E-state index contributed by atoms with van der Waals surface area (Å²) in [6.45, 7) is 0. The molecule has 0 bridgehead atoms. The lowest BCUT2D eigenvalue weighted by Gasteiger charge is -2.05. The first kappa shape index (κ1) is 12.6. The van der Waals surface area contributed by atoms with Crippen LogP contribution in [0, 0.1) is 0 Å². The Bertz CT molecular complexity index is 578. The number of carbonyl (C=O) groups is 1. The van der Waals surface area contributed by atoms with E-state index in [-0.39, 0.29) is 6.42 Å². The van der Waals surface area contributed by atoms with Crippen molar-refractivity contribution in [3.05, 3.63) is 52.6 Å². The highest BCUT2D eigenvalue weighted by Crippen LogP contribution is 2.15. The molecule has 0 aliphatic heterocycles. The first-order chi connectivity index (χ1) is 8.56. The Morgan fingerprint density at radius 2 is 2.28 bits per heavy atom. The molecule has 0 spiro atoms. The zero-order chi connectivity index (χ0) is 13.1. The number of aliphatic carboxylic acids is 1. The van der Waals surface area contributed by atoms with Crippen LogP contribution >= 0.6 is 11.6 Å². The van der Waals surface area contributed by atoms with Gasteiger partial charge in [0.1, 0.15) is 5.82 Å². The van der Waals surface area contributed by atoms with Crippen LogP contribution in [0.5, 0.6) is 0 Å². The molecule has 1 heterocycles. The number of imidazole rings is 1. The maximum absolute atomic E-state index is 10.7. The lowest BCUT2D eigenvalue weighted by molar-refractivity contribution is -0.136. The first-order valence-electron chi connectivity index (χ1n) is 5.52. The molecule has 0 aliphatic rings. The number of carboxylic acids is 1. The maximum atomic E-state index is 10.7. The molecule has 18 heavy (non-hydrogen) atoms. The molecular formula is C13H13ClN2O2. The quantitative estimate of drug-likeness (QED) is 0.922. The molecule has 2 rings (SSSR count). The molecule has 1 N–H and O–H groups in total. The summed E-state index contributed by atoms with van der Waals surface area (Å²) in [5.74, 6) is -0.0270. The molecule has 0 atom stereocenters. The third-order valence-electron chi connectivity index (χ3n) is 2.76. The molecule has 0 fully saturated rings. The van der Waals surface area contributed by atoms with Gasteiger partial charge in [-0.2, -0.15) is 0 Å². The van der Waals surface area contributed by atoms with E-state index < -0.39 is 5.97 Å². The molecule has 0 saturated carbocycles. The van der Waals surface area contributed by atoms with E-state index in [0.29, 0.717) is 17.1 Å². The summed E-state index contributed by atoms with van der Waals surface area (Å²) < 4.78 is 1.81. The zero-order valence-corrected chi connectivity index (χ0v) is 10.7. The van der Waals surface area contributed by atoms with E-state index >= 15 is 0 Å². The molecule has 0 aliphatic carbocycles. The van der Waals surface area contributed by atoms with Gasteiger partial charge in [0, 0.05) is 30.4 Å². The SMILES string of the molecule is Cn1c(CC(=O)O)cnc1Cc1cccc(Cl)c1. The van der Waals surface area contributed by atoms with Gasteiger partial charge in [0.25, 0.3) is 0 Å². The summed E-state index contributed by atoms with van der Waals surface area (Å²) in [5, 5.41) is 9.46. The van der Waals surface area contributed by atoms with Gasteiger partial charge in [0.05, 0.1) is 6.42 Å². The van der Waals surface area contributed by atoms with Gasteiger partial charge in [-0.3, -0.25) is 4.79 Å². The Hall–Kier alpha value is -1.81. The van der Waals surface area contributed by atoms with Crippen LogP contribution in [-0.2, 0) is 24.7 Å². The van der Waals surface area contributed by atoms with Crippen molar-refractivity contribution in [1.82, 2.24) is 9.55 Å². The van der Waals surface area contributed by atoms with Crippen molar-refractivity contribution in [3.8, 4) is 0 Å². The molecule has 0 unspecified atom stereocenters. The number of hydrogen-bond acceptors (Lipinski definition) is 2. The fourth-order valence-electron chi connectivity index (χ4n) is 1.80. The number of benzene rings is 1. The topological polar surface area (TPSA) is 55.1 Å². The predicted molar refractivity (Wildman–Crippen MR) is 68.8 cm³/mol. The Balaban J connectivity index is 2.20. The van der Waals surface area contributed by atoms with E-state index in [9.17, 15) is 4.79 Å². The normalized spacial score (nSPS) is 10.6. The molecule has 2 aromatic rings. The van der Waals surface area contributed by atoms with Crippen LogP contribution in [0.15, 0.2) is 30.5 Å². The van der Waals surface area contributed by atoms with Gasteiger partial charge in [-0.05, 0) is 17.7 Å². The minimum Gasteiger partial charge on any atom is -0.481 e. The van der Waals surface area contributed by atoms with E-state index in [1.807, 2.05) is 35.9 Å². The summed E-state index contributed by atoms with van der Waals surface area (Å²) in [6, 6.07) is 7.56. The average Bonchev–Trinajstić information content (AvgIpc) is 2.61. The van der Waals surface area contributed by atoms with Gasteiger partial charge in [-0.25, -0.2) is 4.98 Å². The van der Waals surface area contributed by atoms with Crippen molar-refractivity contribution in [2.75, 3.05) is 0 Å². The van der Waals surface area contributed by atoms with E-state index in [1.54, 1.807) is 6.20 Å². The number of rotatable bonds is 4. The van der Waals surface area contributed by atoms with Crippen LogP contribution in [-0.4, -0.2) is 20.6 Å². The number of nitrogens with zero attached hydrogens (tertiary/aromatic N) is 2. The van der Waals surface area contributed by atoms with Crippen molar-refractivity contribution in [3.63, 3.8) is 0 Å². The van der Waals surface area contributed by atoms with Crippen molar-refractivity contribution in [2.24, 2.45) is 7.05 Å². The molecule has 5 heteroatoms.